The van der Waals surface area contributed by atoms with Gasteiger partial charge in [0.1, 0.15) is 6.61 Å². The molecule has 2 N–H and O–H groups in total. The van der Waals surface area contributed by atoms with Gasteiger partial charge < -0.3 is 10.4 Å². The zero-order valence-corrected chi connectivity index (χ0v) is 12.8. The second-order valence-electron chi connectivity index (χ2n) is 5.98. The zero-order valence-electron chi connectivity index (χ0n) is 12.8. The van der Waals surface area contributed by atoms with Crippen molar-refractivity contribution in [3.63, 3.8) is 0 Å². The van der Waals surface area contributed by atoms with Crippen molar-refractivity contribution in [3.8, 4) is 11.8 Å². The molecule has 1 aliphatic rings. The molecule has 1 aromatic rings. The van der Waals surface area contributed by atoms with Crippen LogP contribution in [-0.2, 0) is 0 Å². The fourth-order valence-electron chi connectivity index (χ4n) is 2.93. The van der Waals surface area contributed by atoms with Crippen LogP contribution >= 0.6 is 0 Å². The fourth-order valence-corrected chi connectivity index (χ4v) is 2.93. The molecule has 1 aromatic carbocycles. The molecule has 1 fully saturated rings. The molecule has 112 valence electrons. The summed E-state index contributed by atoms with van der Waals surface area (Å²) in [4.78, 5) is 12.2. The third-order valence-electron chi connectivity index (χ3n) is 4.15. The smallest absolute Gasteiger partial charge is 0.251 e. The molecule has 3 heteroatoms. The molecule has 2 unspecified atom stereocenters. The number of aryl methyl sites for hydroxylation is 1. The summed E-state index contributed by atoms with van der Waals surface area (Å²) in [7, 11) is 0. The van der Waals surface area contributed by atoms with Gasteiger partial charge in [0.15, 0.2) is 0 Å². The van der Waals surface area contributed by atoms with Crippen LogP contribution in [-0.4, -0.2) is 24.2 Å². The van der Waals surface area contributed by atoms with Crippen LogP contribution in [0.15, 0.2) is 18.2 Å². The van der Waals surface area contributed by atoms with E-state index in [9.17, 15) is 4.79 Å². The molecule has 0 heterocycles. The number of hydrogen-bond donors (Lipinski definition) is 2. The molecule has 2 rings (SSSR count). The number of carbonyl (C=O) groups is 1. The summed E-state index contributed by atoms with van der Waals surface area (Å²) in [5.41, 5.74) is 2.48. The third-order valence-corrected chi connectivity index (χ3v) is 4.15. The van der Waals surface area contributed by atoms with E-state index < -0.39 is 0 Å². The average molecular weight is 285 g/mol. The van der Waals surface area contributed by atoms with Gasteiger partial charge in [-0.05, 0) is 55.4 Å². The van der Waals surface area contributed by atoms with Gasteiger partial charge in [0.05, 0.1) is 0 Å². The minimum Gasteiger partial charge on any atom is -0.384 e. The highest BCUT2D eigenvalue weighted by molar-refractivity contribution is 5.94. The van der Waals surface area contributed by atoms with Crippen molar-refractivity contribution in [2.75, 3.05) is 13.2 Å². The first-order valence-corrected chi connectivity index (χ1v) is 7.58. The minimum absolute atomic E-state index is 0.0145. The van der Waals surface area contributed by atoms with Crippen molar-refractivity contribution in [2.45, 2.75) is 33.1 Å². The molecule has 1 aliphatic carbocycles. The van der Waals surface area contributed by atoms with Crippen molar-refractivity contribution in [1.29, 1.82) is 0 Å². The largest absolute Gasteiger partial charge is 0.384 e. The maximum absolute atomic E-state index is 12.2. The number of benzene rings is 1. The second-order valence-corrected chi connectivity index (χ2v) is 5.98. The first-order valence-electron chi connectivity index (χ1n) is 7.58. The molecular formula is C18H23NO2. The summed E-state index contributed by atoms with van der Waals surface area (Å²) in [5, 5.41) is 11.8. The monoisotopic (exact) mass is 285 g/mol. The quantitative estimate of drug-likeness (QED) is 0.838. The highest BCUT2D eigenvalue weighted by Gasteiger charge is 2.21. The Hall–Kier alpha value is -1.79. The number of aliphatic hydroxyl groups is 1. The Kier molecular flexibility index (Phi) is 5.41. The summed E-state index contributed by atoms with van der Waals surface area (Å²) < 4.78 is 0. The van der Waals surface area contributed by atoms with E-state index in [0.717, 1.165) is 23.6 Å². The van der Waals surface area contributed by atoms with Crippen LogP contribution in [0.3, 0.4) is 0 Å². The van der Waals surface area contributed by atoms with Gasteiger partial charge in [-0.15, -0.1) is 0 Å². The molecule has 0 saturated heterocycles. The molecule has 1 amide bonds. The molecule has 3 nitrogen and oxygen atoms in total. The Morgan fingerprint density at radius 1 is 1.43 bits per heavy atom. The maximum Gasteiger partial charge on any atom is 0.251 e. The van der Waals surface area contributed by atoms with Crippen molar-refractivity contribution in [3.05, 3.63) is 34.9 Å². The molecule has 2 atom stereocenters. The predicted molar refractivity (Wildman–Crippen MR) is 84.0 cm³/mol. The number of amides is 1. The van der Waals surface area contributed by atoms with Gasteiger partial charge in [-0.1, -0.05) is 25.2 Å². The molecule has 0 aliphatic heterocycles. The standard InChI is InChI=1S/C18H23NO2/c1-13-5-6-15(10-13)12-19-18(21)17-8-7-16(4-3-9-20)14(2)11-17/h7-8,11,13,15,20H,5-6,9-10,12H2,1-2H3,(H,19,21). The molecule has 21 heavy (non-hydrogen) atoms. The first-order chi connectivity index (χ1) is 10.1. The average Bonchev–Trinajstić information content (AvgIpc) is 2.89. The third kappa shape index (κ3) is 4.34. The molecule has 0 aromatic heterocycles. The molecular weight excluding hydrogens is 262 g/mol. The highest BCUT2D eigenvalue weighted by atomic mass is 16.2. The Bertz CT molecular complexity index is 568. The summed E-state index contributed by atoms with van der Waals surface area (Å²) in [6.07, 6.45) is 3.71. The molecule has 0 spiro atoms. The number of rotatable bonds is 3. The van der Waals surface area contributed by atoms with Crippen LogP contribution in [0.1, 0.15) is 47.7 Å². The van der Waals surface area contributed by atoms with Gasteiger partial charge >= 0.3 is 0 Å². The molecule has 0 bridgehead atoms. The summed E-state index contributed by atoms with van der Waals surface area (Å²) in [6.45, 7) is 4.82. The van der Waals surface area contributed by atoms with Crippen LogP contribution in [0.2, 0.25) is 0 Å². The van der Waals surface area contributed by atoms with Crippen molar-refractivity contribution in [1.82, 2.24) is 5.32 Å². The lowest BCUT2D eigenvalue weighted by atomic mass is 10.0. The van der Waals surface area contributed by atoms with E-state index in [1.54, 1.807) is 6.07 Å². The molecule has 0 radical (unpaired) electrons. The lowest BCUT2D eigenvalue weighted by Gasteiger charge is -2.11. The van der Waals surface area contributed by atoms with Crippen LogP contribution in [0.25, 0.3) is 0 Å². The Morgan fingerprint density at radius 2 is 2.24 bits per heavy atom. The van der Waals surface area contributed by atoms with Gasteiger partial charge in [0.25, 0.3) is 5.91 Å². The van der Waals surface area contributed by atoms with Crippen molar-refractivity contribution < 1.29 is 9.90 Å². The zero-order chi connectivity index (χ0) is 15.2. The van der Waals surface area contributed by atoms with E-state index >= 15 is 0 Å². The van der Waals surface area contributed by atoms with Crippen LogP contribution < -0.4 is 5.32 Å². The van der Waals surface area contributed by atoms with Crippen molar-refractivity contribution >= 4 is 5.91 Å². The second kappa shape index (κ2) is 7.28. The van der Waals surface area contributed by atoms with Gasteiger partial charge in [-0.25, -0.2) is 0 Å². The number of aliphatic hydroxyl groups excluding tert-OH is 1. The van der Waals surface area contributed by atoms with E-state index in [-0.39, 0.29) is 12.5 Å². The SMILES string of the molecule is Cc1cc(C(=O)NCC2CCC(C)C2)ccc1C#CCO. The van der Waals surface area contributed by atoms with Crippen molar-refractivity contribution in [2.24, 2.45) is 11.8 Å². The fraction of sp³-hybridized carbons (Fsp3) is 0.500. The topological polar surface area (TPSA) is 49.3 Å². The van der Waals surface area contributed by atoms with Gasteiger partial charge in [0.2, 0.25) is 0 Å². The predicted octanol–water partition coefficient (Wildman–Crippen LogP) is 2.50. The van der Waals surface area contributed by atoms with Crippen LogP contribution in [0.5, 0.6) is 0 Å². The maximum atomic E-state index is 12.2. The van der Waals surface area contributed by atoms with E-state index in [0.29, 0.717) is 11.5 Å². The summed E-state index contributed by atoms with van der Waals surface area (Å²) in [6, 6.07) is 5.49. The Labute approximate surface area is 126 Å². The van der Waals surface area contributed by atoms with Gasteiger partial charge in [-0.3, -0.25) is 4.79 Å². The van der Waals surface area contributed by atoms with Crippen LogP contribution in [0.4, 0.5) is 0 Å². The van der Waals surface area contributed by atoms with E-state index in [2.05, 4.69) is 24.1 Å². The van der Waals surface area contributed by atoms with Crippen LogP contribution in [0, 0.1) is 30.6 Å². The number of nitrogens with one attached hydrogen (secondary N) is 1. The van der Waals surface area contributed by atoms with Gasteiger partial charge in [-0.2, -0.15) is 0 Å². The Morgan fingerprint density at radius 3 is 2.86 bits per heavy atom. The number of hydrogen-bond acceptors (Lipinski definition) is 2. The lowest BCUT2D eigenvalue weighted by Crippen LogP contribution is -2.28. The first kappa shape index (κ1) is 15.6. The van der Waals surface area contributed by atoms with E-state index in [4.69, 9.17) is 5.11 Å². The van der Waals surface area contributed by atoms with E-state index in [1.807, 2.05) is 19.1 Å². The van der Waals surface area contributed by atoms with Gasteiger partial charge in [0, 0.05) is 17.7 Å². The summed E-state index contributed by atoms with van der Waals surface area (Å²) >= 11 is 0. The Balaban J connectivity index is 1.94. The summed E-state index contributed by atoms with van der Waals surface area (Å²) in [5.74, 6) is 6.90. The lowest BCUT2D eigenvalue weighted by molar-refractivity contribution is 0.0947. The highest BCUT2D eigenvalue weighted by Crippen LogP contribution is 2.29. The minimum atomic E-state index is -0.151. The molecule has 1 saturated carbocycles. The number of carbonyl (C=O) groups excluding carboxylic acids is 1. The normalized spacial score (nSPS) is 20.7. The van der Waals surface area contributed by atoms with E-state index in [1.165, 1.54) is 19.3 Å².